The molecular weight excluding hydrogens is 214 g/mol. The van der Waals surface area contributed by atoms with Crippen molar-refractivity contribution >= 4 is 5.69 Å². The standard InChI is InChI=1S/C13H23N3O/c1-11(8-12-4-2-3-5-12)15-13-9-14-16(10-13)6-7-17/h9-12,15,17H,2-8H2,1H3. The molecule has 4 heteroatoms. The van der Waals surface area contributed by atoms with Crippen LogP contribution < -0.4 is 5.32 Å². The van der Waals surface area contributed by atoms with Crippen molar-refractivity contribution in [2.75, 3.05) is 11.9 Å². The van der Waals surface area contributed by atoms with E-state index >= 15 is 0 Å². The summed E-state index contributed by atoms with van der Waals surface area (Å²) in [4.78, 5) is 0. The molecule has 96 valence electrons. The van der Waals surface area contributed by atoms with E-state index in [1.54, 1.807) is 4.68 Å². The number of nitrogens with zero attached hydrogens (tertiary/aromatic N) is 2. The van der Waals surface area contributed by atoms with E-state index in [9.17, 15) is 0 Å². The predicted octanol–water partition coefficient (Wildman–Crippen LogP) is 2.26. The number of aliphatic hydroxyl groups excluding tert-OH is 1. The first-order valence-electron chi connectivity index (χ1n) is 6.68. The lowest BCUT2D eigenvalue weighted by Crippen LogP contribution is -2.18. The van der Waals surface area contributed by atoms with E-state index in [0.717, 1.165) is 11.6 Å². The van der Waals surface area contributed by atoms with Gasteiger partial charge < -0.3 is 10.4 Å². The van der Waals surface area contributed by atoms with Crippen molar-refractivity contribution < 1.29 is 5.11 Å². The van der Waals surface area contributed by atoms with Crippen LogP contribution in [0.15, 0.2) is 12.4 Å². The van der Waals surface area contributed by atoms with E-state index in [2.05, 4.69) is 17.3 Å². The summed E-state index contributed by atoms with van der Waals surface area (Å²) in [5.74, 6) is 0.907. The average molecular weight is 237 g/mol. The van der Waals surface area contributed by atoms with E-state index in [1.807, 2.05) is 12.4 Å². The van der Waals surface area contributed by atoms with E-state index < -0.39 is 0 Å². The third kappa shape index (κ3) is 3.73. The number of aromatic nitrogens is 2. The van der Waals surface area contributed by atoms with Gasteiger partial charge in [-0.2, -0.15) is 5.10 Å². The fourth-order valence-electron chi connectivity index (χ4n) is 2.75. The number of hydrogen-bond acceptors (Lipinski definition) is 3. The lowest BCUT2D eigenvalue weighted by molar-refractivity contribution is 0.269. The summed E-state index contributed by atoms with van der Waals surface area (Å²) in [6, 6.07) is 0.505. The van der Waals surface area contributed by atoms with Gasteiger partial charge in [0.05, 0.1) is 25.0 Å². The summed E-state index contributed by atoms with van der Waals surface area (Å²) < 4.78 is 1.77. The van der Waals surface area contributed by atoms with Crippen molar-refractivity contribution in [1.29, 1.82) is 0 Å². The third-order valence-electron chi connectivity index (χ3n) is 3.54. The van der Waals surface area contributed by atoms with Crippen molar-refractivity contribution in [2.24, 2.45) is 5.92 Å². The molecule has 1 heterocycles. The monoisotopic (exact) mass is 237 g/mol. The second kappa shape index (κ2) is 6.05. The molecule has 1 aromatic heterocycles. The Morgan fingerprint density at radius 1 is 1.53 bits per heavy atom. The first-order valence-corrected chi connectivity index (χ1v) is 6.68. The van der Waals surface area contributed by atoms with Gasteiger partial charge in [-0.15, -0.1) is 0 Å². The first-order chi connectivity index (χ1) is 8.28. The van der Waals surface area contributed by atoms with E-state index in [-0.39, 0.29) is 6.61 Å². The van der Waals surface area contributed by atoms with Crippen LogP contribution in [-0.4, -0.2) is 27.5 Å². The van der Waals surface area contributed by atoms with Crippen molar-refractivity contribution in [2.45, 2.75) is 51.6 Å². The highest BCUT2D eigenvalue weighted by atomic mass is 16.3. The highest BCUT2D eigenvalue weighted by Gasteiger charge is 2.17. The van der Waals surface area contributed by atoms with Crippen LogP contribution >= 0.6 is 0 Å². The Morgan fingerprint density at radius 2 is 2.29 bits per heavy atom. The molecule has 2 rings (SSSR count). The van der Waals surface area contributed by atoms with Crippen LogP contribution in [0.5, 0.6) is 0 Å². The van der Waals surface area contributed by atoms with Crippen molar-refractivity contribution in [3.05, 3.63) is 12.4 Å². The molecular formula is C13H23N3O. The van der Waals surface area contributed by atoms with Crippen LogP contribution in [0.3, 0.4) is 0 Å². The molecule has 0 amide bonds. The lowest BCUT2D eigenvalue weighted by atomic mass is 9.99. The van der Waals surface area contributed by atoms with Crippen LogP contribution in [0.4, 0.5) is 5.69 Å². The molecule has 0 aliphatic heterocycles. The van der Waals surface area contributed by atoms with Crippen molar-refractivity contribution in [3.63, 3.8) is 0 Å². The van der Waals surface area contributed by atoms with Crippen LogP contribution in [0, 0.1) is 5.92 Å². The van der Waals surface area contributed by atoms with Gasteiger partial charge in [-0.3, -0.25) is 4.68 Å². The third-order valence-corrected chi connectivity index (χ3v) is 3.54. The Labute approximate surface area is 103 Å². The quantitative estimate of drug-likeness (QED) is 0.798. The molecule has 0 aromatic carbocycles. The molecule has 17 heavy (non-hydrogen) atoms. The zero-order chi connectivity index (χ0) is 12.1. The molecule has 2 N–H and O–H groups in total. The Hall–Kier alpha value is -1.03. The zero-order valence-electron chi connectivity index (χ0n) is 10.6. The minimum Gasteiger partial charge on any atom is -0.394 e. The molecule has 0 radical (unpaired) electrons. The van der Waals surface area contributed by atoms with Gasteiger partial charge in [0.15, 0.2) is 0 Å². The van der Waals surface area contributed by atoms with Gasteiger partial charge in [-0.1, -0.05) is 25.7 Å². The first kappa shape index (κ1) is 12.4. The Kier molecular flexibility index (Phi) is 4.42. The average Bonchev–Trinajstić information content (AvgIpc) is 2.91. The molecule has 0 spiro atoms. The fraction of sp³-hybridized carbons (Fsp3) is 0.769. The van der Waals surface area contributed by atoms with Gasteiger partial charge in [0.25, 0.3) is 0 Å². The lowest BCUT2D eigenvalue weighted by Gasteiger charge is -2.17. The normalized spacial score (nSPS) is 18.5. The van der Waals surface area contributed by atoms with Gasteiger partial charge in [-0.05, 0) is 19.3 Å². The second-order valence-corrected chi connectivity index (χ2v) is 5.15. The highest BCUT2D eigenvalue weighted by molar-refractivity contribution is 5.39. The summed E-state index contributed by atoms with van der Waals surface area (Å²) in [5.41, 5.74) is 1.06. The summed E-state index contributed by atoms with van der Waals surface area (Å²) in [6.45, 7) is 2.94. The van der Waals surface area contributed by atoms with Crippen molar-refractivity contribution in [1.82, 2.24) is 9.78 Å². The molecule has 1 unspecified atom stereocenters. The van der Waals surface area contributed by atoms with Gasteiger partial charge >= 0.3 is 0 Å². The maximum Gasteiger partial charge on any atom is 0.0728 e. The fourth-order valence-corrected chi connectivity index (χ4v) is 2.75. The predicted molar refractivity (Wildman–Crippen MR) is 69.0 cm³/mol. The number of anilines is 1. The molecule has 1 aliphatic carbocycles. The Balaban J connectivity index is 1.78. The topological polar surface area (TPSA) is 50.1 Å². The van der Waals surface area contributed by atoms with Crippen LogP contribution in [-0.2, 0) is 6.54 Å². The van der Waals surface area contributed by atoms with Crippen LogP contribution in [0.1, 0.15) is 39.0 Å². The SMILES string of the molecule is CC(CC1CCCC1)Nc1cnn(CCO)c1. The zero-order valence-corrected chi connectivity index (χ0v) is 10.6. The maximum absolute atomic E-state index is 8.82. The maximum atomic E-state index is 8.82. The number of aliphatic hydroxyl groups is 1. The minimum atomic E-state index is 0.138. The van der Waals surface area contributed by atoms with E-state index in [1.165, 1.54) is 32.1 Å². The van der Waals surface area contributed by atoms with E-state index in [0.29, 0.717) is 12.6 Å². The van der Waals surface area contributed by atoms with E-state index in [4.69, 9.17) is 5.11 Å². The summed E-state index contributed by atoms with van der Waals surface area (Å²) in [5, 5.41) is 16.5. The molecule has 1 aromatic rings. The van der Waals surface area contributed by atoms with Gasteiger partial charge in [0.2, 0.25) is 0 Å². The highest BCUT2D eigenvalue weighted by Crippen LogP contribution is 2.29. The molecule has 4 nitrogen and oxygen atoms in total. The summed E-state index contributed by atoms with van der Waals surface area (Å²) in [7, 11) is 0. The largest absolute Gasteiger partial charge is 0.394 e. The number of nitrogens with one attached hydrogen (secondary N) is 1. The van der Waals surface area contributed by atoms with Gasteiger partial charge in [-0.25, -0.2) is 0 Å². The molecule has 1 atom stereocenters. The molecule has 0 bridgehead atoms. The van der Waals surface area contributed by atoms with Gasteiger partial charge in [0.1, 0.15) is 0 Å². The van der Waals surface area contributed by atoms with Gasteiger partial charge in [0, 0.05) is 12.2 Å². The molecule has 1 saturated carbocycles. The summed E-state index contributed by atoms with van der Waals surface area (Å²) in [6.07, 6.45) is 10.7. The Bertz CT molecular complexity index is 331. The second-order valence-electron chi connectivity index (χ2n) is 5.15. The number of rotatable bonds is 6. The smallest absolute Gasteiger partial charge is 0.0728 e. The molecule has 1 aliphatic rings. The number of hydrogen-bond donors (Lipinski definition) is 2. The van der Waals surface area contributed by atoms with Crippen LogP contribution in [0.25, 0.3) is 0 Å². The Morgan fingerprint density at radius 3 is 3.00 bits per heavy atom. The van der Waals surface area contributed by atoms with Crippen LogP contribution in [0.2, 0.25) is 0 Å². The van der Waals surface area contributed by atoms with Crippen molar-refractivity contribution in [3.8, 4) is 0 Å². The molecule has 1 fully saturated rings. The molecule has 0 saturated heterocycles. The summed E-state index contributed by atoms with van der Waals surface area (Å²) >= 11 is 0. The minimum absolute atomic E-state index is 0.138.